The lowest BCUT2D eigenvalue weighted by atomic mass is 10.0. The van der Waals surface area contributed by atoms with Gasteiger partial charge in [0.1, 0.15) is 11.8 Å². The van der Waals surface area contributed by atoms with Gasteiger partial charge in [-0.15, -0.1) is 0 Å². The highest BCUT2D eigenvalue weighted by molar-refractivity contribution is 5.97. The first kappa shape index (κ1) is 14.0. The first-order valence-electron chi connectivity index (χ1n) is 5.59. The van der Waals surface area contributed by atoms with Crippen molar-refractivity contribution in [2.75, 3.05) is 0 Å². The van der Waals surface area contributed by atoms with Crippen LogP contribution in [0.3, 0.4) is 0 Å². The minimum absolute atomic E-state index is 0.128. The van der Waals surface area contributed by atoms with E-state index in [-0.39, 0.29) is 17.4 Å². The largest absolute Gasteiger partial charge is 0.505 e. The van der Waals surface area contributed by atoms with Crippen molar-refractivity contribution in [3.05, 3.63) is 24.0 Å². The van der Waals surface area contributed by atoms with E-state index in [9.17, 15) is 14.7 Å². The number of aromatic nitrogens is 1. The van der Waals surface area contributed by atoms with Gasteiger partial charge in [0.05, 0.1) is 0 Å². The summed E-state index contributed by atoms with van der Waals surface area (Å²) < 4.78 is 0. The summed E-state index contributed by atoms with van der Waals surface area (Å²) in [6, 6.07) is 1.81. The molecule has 0 bridgehead atoms. The van der Waals surface area contributed by atoms with Crippen molar-refractivity contribution in [1.29, 1.82) is 0 Å². The summed E-state index contributed by atoms with van der Waals surface area (Å²) in [5, 5.41) is 20.8. The zero-order valence-corrected chi connectivity index (χ0v) is 10.3. The second-order valence-electron chi connectivity index (χ2n) is 4.36. The Morgan fingerprint density at radius 3 is 2.61 bits per heavy atom. The molecule has 1 aromatic heterocycles. The highest BCUT2D eigenvalue weighted by Gasteiger charge is 2.23. The summed E-state index contributed by atoms with van der Waals surface area (Å²) in [6.45, 7) is 3.72. The van der Waals surface area contributed by atoms with Crippen molar-refractivity contribution in [2.45, 2.75) is 26.3 Å². The minimum atomic E-state index is -1.10. The summed E-state index contributed by atoms with van der Waals surface area (Å²) in [5.41, 5.74) is -0.174. The molecule has 0 saturated heterocycles. The van der Waals surface area contributed by atoms with Gasteiger partial charge in [0.2, 0.25) is 0 Å². The molecule has 98 valence electrons. The van der Waals surface area contributed by atoms with E-state index in [1.807, 2.05) is 13.8 Å². The number of carboxylic acid groups (broad SMARTS) is 1. The topological polar surface area (TPSA) is 99.5 Å². The molecular weight excluding hydrogens is 236 g/mol. The van der Waals surface area contributed by atoms with Gasteiger partial charge in [0.25, 0.3) is 5.91 Å². The lowest BCUT2D eigenvalue weighted by Gasteiger charge is -2.16. The van der Waals surface area contributed by atoms with E-state index >= 15 is 0 Å². The molecule has 0 saturated carbocycles. The monoisotopic (exact) mass is 252 g/mol. The third-order valence-corrected chi connectivity index (χ3v) is 2.31. The second-order valence-corrected chi connectivity index (χ2v) is 4.36. The fourth-order valence-corrected chi connectivity index (χ4v) is 1.49. The third kappa shape index (κ3) is 3.73. The Morgan fingerprint density at radius 2 is 2.11 bits per heavy atom. The summed E-state index contributed by atoms with van der Waals surface area (Å²) in [7, 11) is 0. The van der Waals surface area contributed by atoms with Gasteiger partial charge in [-0.3, -0.25) is 4.79 Å². The van der Waals surface area contributed by atoms with E-state index in [4.69, 9.17) is 5.11 Å². The van der Waals surface area contributed by atoms with Crippen LogP contribution in [0.4, 0.5) is 0 Å². The van der Waals surface area contributed by atoms with Crippen LogP contribution in [0.5, 0.6) is 5.75 Å². The van der Waals surface area contributed by atoms with Gasteiger partial charge in [-0.25, -0.2) is 9.78 Å². The zero-order chi connectivity index (χ0) is 13.7. The number of amides is 1. The van der Waals surface area contributed by atoms with Crippen LogP contribution in [0.2, 0.25) is 0 Å². The maximum absolute atomic E-state index is 11.8. The van der Waals surface area contributed by atoms with Crippen molar-refractivity contribution < 1.29 is 19.8 Å². The second kappa shape index (κ2) is 6.00. The maximum Gasteiger partial charge on any atom is 0.326 e. The number of nitrogens with one attached hydrogen (secondary N) is 1. The number of rotatable bonds is 5. The van der Waals surface area contributed by atoms with Crippen LogP contribution >= 0.6 is 0 Å². The molecule has 1 heterocycles. The van der Waals surface area contributed by atoms with Crippen LogP contribution < -0.4 is 5.32 Å². The molecule has 0 unspecified atom stereocenters. The van der Waals surface area contributed by atoms with Crippen molar-refractivity contribution in [2.24, 2.45) is 5.92 Å². The molecule has 0 spiro atoms. The van der Waals surface area contributed by atoms with E-state index < -0.39 is 17.9 Å². The smallest absolute Gasteiger partial charge is 0.326 e. The Labute approximate surface area is 105 Å². The summed E-state index contributed by atoms with van der Waals surface area (Å²) in [6.07, 6.45) is 1.67. The highest BCUT2D eigenvalue weighted by Crippen LogP contribution is 2.13. The lowest BCUT2D eigenvalue weighted by Crippen LogP contribution is -2.41. The molecule has 1 amide bonds. The molecule has 0 aliphatic rings. The maximum atomic E-state index is 11.8. The van der Waals surface area contributed by atoms with E-state index in [1.165, 1.54) is 18.3 Å². The first-order valence-corrected chi connectivity index (χ1v) is 5.59. The van der Waals surface area contributed by atoms with Crippen LogP contribution in [-0.4, -0.2) is 33.1 Å². The fraction of sp³-hybridized carbons (Fsp3) is 0.417. The Morgan fingerprint density at radius 1 is 1.44 bits per heavy atom. The SMILES string of the molecule is CC(C)C[C@@H](NC(=O)c1ncccc1O)C(=O)O. The van der Waals surface area contributed by atoms with Gasteiger partial charge < -0.3 is 15.5 Å². The van der Waals surface area contributed by atoms with E-state index in [2.05, 4.69) is 10.3 Å². The Balaban J connectivity index is 2.79. The number of nitrogens with zero attached hydrogens (tertiary/aromatic N) is 1. The van der Waals surface area contributed by atoms with Crippen LogP contribution in [0, 0.1) is 5.92 Å². The molecule has 1 aromatic rings. The van der Waals surface area contributed by atoms with Crippen molar-refractivity contribution in [3.8, 4) is 5.75 Å². The van der Waals surface area contributed by atoms with Gasteiger partial charge in [0, 0.05) is 6.20 Å². The normalized spacial score (nSPS) is 12.2. The Kier molecular flexibility index (Phi) is 4.65. The Hall–Kier alpha value is -2.11. The summed E-state index contributed by atoms with van der Waals surface area (Å²) in [4.78, 5) is 26.5. The minimum Gasteiger partial charge on any atom is -0.505 e. The number of carbonyl (C=O) groups is 2. The average molecular weight is 252 g/mol. The number of carbonyl (C=O) groups excluding carboxylic acids is 1. The third-order valence-electron chi connectivity index (χ3n) is 2.31. The quantitative estimate of drug-likeness (QED) is 0.726. The molecule has 0 aromatic carbocycles. The Bertz CT molecular complexity index is 445. The molecule has 0 aliphatic carbocycles. The van der Waals surface area contributed by atoms with Crippen LogP contribution in [0.15, 0.2) is 18.3 Å². The van der Waals surface area contributed by atoms with Crippen LogP contribution in [0.1, 0.15) is 30.8 Å². The lowest BCUT2D eigenvalue weighted by molar-refractivity contribution is -0.139. The molecule has 0 radical (unpaired) electrons. The van der Waals surface area contributed by atoms with Gasteiger partial charge in [-0.1, -0.05) is 13.8 Å². The van der Waals surface area contributed by atoms with Crippen LogP contribution in [-0.2, 0) is 4.79 Å². The average Bonchev–Trinajstić information content (AvgIpc) is 2.27. The molecule has 0 fully saturated rings. The van der Waals surface area contributed by atoms with Crippen molar-refractivity contribution in [3.63, 3.8) is 0 Å². The number of aliphatic carboxylic acids is 1. The van der Waals surface area contributed by atoms with Crippen LogP contribution in [0.25, 0.3) is 0 Å². The van der Waals surface area contributed by atoms with Gasteiger partial charge in [0.15, 0.2) is 5.69 Å². The summed E-state index contributed by atoms with van der Waals surface area (Å²) >= 11 is 0. The van der Waals surface area contributed by atoms with Gasteiger partial charge in [-0.05, 0) is 24.5 Å². The summed E-state index contributed by atoms with van der Waals surface area (Å²) in [5.74, 6) is -1.94. The van der Waals surface area contributed by atoms with E-state index in [0.717, 1.165) is 0 Å². The number of carboxylic acids is 1. The van der Waals surface area contributed by atoms with Crippen molar-refractivity contribution >= 4 is 11.9 Å². The molecule has 6 heteroatoms. The van der Waals surface area contributed by atoms with Gasteiger partial charge in [-0.2, -0.15) is 0 Å². The zero-order valence-electron chi connectivity index (χ0n) is 10.3. The highest BCUT2D eigenvalue weighted by atomic mass is 16.4. The number of hydrogen-bond acceptors (Lipinski definition) is 4. The molecule has 6 nitrogen and oxygen atoms in total. The van der Waals surface area contributed by atoms with E-state index in [1.54, 1.807) is 0 Å². The van der Waals surface area contributed by atoms with Gasteiger partial charge >= 0.3 is 5.97 Å². The molecule has 1 rings (SSSR count). The number of pyridine rings is 1. The number of hydrogen-bond donors (Lipinski definition) is 3. The van der Waals surface area contributed by atoms with E-state index in [0.29, 0.717) is 6.42 Å². The predicted octanol–water partition coefficient (Wildman–Crippen LogP) is 1.02. The number of aromatic hydroxyl groups is 1. The molecule has 1 atom stereocenters. The molecular formula is C12H16N2O4. The first-order chi connectivity index (χ1) is 8.41. The fourth-order valence-electron chi connectivity index (χ4n) is 1.49. The molecule has 3 N–H and O–H groups in total. The molecule has 18 heavy (non-hydrogen) atoms. The molecule has 0 aliphatic heterocycles. The predicted molar refractivity (Wildman–Crippen MR) is 64.2 cm³/mol. The van der Waals surface area contributed by atoms with Crippen molar-refractivity contribution in [1.82, 2.24) is 10.3 Å². The standard InChI is InChI=1S/C12H16N2O4/c1-7(2)6-8(12(17)18)14-11(16)10-9(15)4-3-5-13-10/h3-5,7-8,15H,6H2,1-2H3,(H,14,16)(H,17,18)/t8-/m1/s1.